The largest absolute Gasteiger partial charge is 0.573 e. The Morgan fingerprint density at radius 2 is 1.84 bits per heavy atom. The third kappa shape index (κ3) is 3.16. The Balaban J connectivity index is 1.59. The van der Waals surface area contributed by atoms with Gasteiger partial charge in [0.2, 0.25) is 0 Å². The lowest BCUT2D eigenvalue weighted by molar-refractivity contribution is -0.274. The number of alkyl halides is 3. The second-order valence-corrected chi connectivity index (χ2v) is 6.28. The van der Waals surface area contributed by atoms with Crippen LogP contribution in [0.4, 0.5) is 13.2 Å². The first-order valence-corrected chi connectivity index (χ1v) is 8.15. The maximum atomic E-state index is 12.4. The van der Waals surface area contributed by atoms with E-state index in [9.17, 15) is 18.0 Å². The van der Waals surface area contributed by atoms with Crippen molar-refractivity contribution in [1.82, 2.24) is 14.5 Å². The smallest absolute Gasteiger partial charge is 0.431 e. The maximum Gasteiger partial charge on any atom is 0.573 e. The van der Waals surface area contributed by atoms with Crippen LogP contribution < -0.4 is 15.0 Å². The summed E-state index contributed by atoms with van der Waals surface area (Å²) < 4.78 is 47.3. The Morgan fingerprint density at radius 1 is 1.12 bits per heavy atom. The highest BCUT2D eigenvalue weighted by atomic mass is 32.1. The topological polar surface area (TPSA) is 66.2 Å². The lowest BCUT2D eigenvalue weighted by Crippen LogP contribution is -2.20. The number of thiazole rings is 1. The Morgan fingerprint density at radius 3 is 2.56 bits per heavy atom. The van der Waals surface area contributed by atoms with E-state index in [4.69, 9.17) is 4.74 Å². The van der Waals surface area contributed by atoms with Crippen LogP contribution in [0.2, 0.25) is 0 Å². The van der Waals surface area contributed by atoms with Crippen LogP contribution in [-0.4, -0.2) is 20.9 Å². The molecule has 130 valence electrons. The third-order valence-electron chi connectivity index (χ3n) is 3.62. The lowest BCUT2D eigenvalue weighted by Gasteiger charge is -2.09. The molecule has 0 radical (unpaired) electrons. The van der Waals surface area contributed by atoms with Gasteiger partial charge in [-0.05, 0) is 30.7 Å². The van der Waals surface area contributed by atoms with Crippen molar-refractivity contribution in [1.29, 1.82) is 0 Å². The van der Waals surface area contributed by atoms with Crippen LogP contribution in [0, 0.1) is 0 Å². The van der Waals surface area contributed by atoms with Crippen molar-refractivity contribution >= 4 is 21.7 Å². The number of hydrogen-bond acceptors (Lipinski definition) is 6. The molecule has 0 unspecified atom stereocenters. The number of nitrogens with zero attached hydrogens (tertiary/aromatic N) is 3. The minimum atomic E-state index is -4.75. The third-order valence-corrected chi connectivity index (χ3v) is 4.45. The molecule has 3 aromatic rings. The van der Waals surface area contributed by atoms with Gasteiger partial charge in [0.25, 0.3) is 10.8 Å². The first kappa shape index (κ1) is 15.9. The van der Waals surface area contributed by atoms with Crippen LogP contribution in [0.1, 0.15) is 12.2 Å². The molecule has 1 aliphatic heterocycles. The highest BCUT2D eigenvalue weighted by Gasteiger charge is 2.31. The molecule has 0 aliphatic carbocycles. The van der Waals surface area contributed by atoms with Crippen LogP contribution >= 0.6 is 11.3 Å². The number of ether oxygens (including phenoxy) is 2. The molecule has 0 saturated heterocycles. The highest BCUT2D eigenvalue weighted by molar-refractivity contribution is 7.19. The molecule has 4 rings (SSSR count). The Hall–Kier alpha value is -2.62. The van der Waals surface area contributed by atoms with Crippen LogP contribution in [0.15, 0.2) is 29.1 Å². The van der Waals surface area contributed by atoms with Crippen molar-refractivity contribution in [3.63, 3.8) is 0 Å². The zero-order chi connectivity index (χ0) is 17.6. The fourth-order valence-electron chi connectivity index (χ4n) is 2.60. The van der Waals surface area contributed by atoms with Crippen LogP contribution in [0.25, 0.3) is 10.3 Å². The summed E-state index contributed by atoms with van der Waals surface area (Å²) in [6.07, 6.45) is -3.11. The average Bonchev–Trinajstić information content (AvgIpc) is 3.15. The molecule has 3 heterocycles. The van der Waals surface area contributed by atoms with Gasteiger partial charge >= 0.3 is 6.36 Å². The minimum absolute atomic E-state index is 0.197. The summed E-state index contributed by atoms with van der Waals surface area (Å²) in [6, 6.07) is 4.93. The molecule has 0 fully saturated rings. The predicted molar refractivity (Wildman–Crippen MR) is 83.2 cm³/mol. The zero-order valence-electron chi connectivity index (χ0n) is 12.5. The molecule has 0 atom stereocenters. The Labute approximate surface area is 142 Å². The molecule has 1 aromatic carbocycles. The summed E-state index contributed by atoms with van der Waals surface area (Å²) in [6.45, 7) is 0.630. The molecule has 10 heteroatoms. The molecule has 0 amide bonds. The van der Waals surface area contributed by atoms with Crippen molar-refractivity contribution in [3.05, 3.63) is 40.4 Å². The molecule has 0 bridgehead atoms. The summed E-state index contributed by atoms with van der Waals surface area (Å²) in [5.74, 6) is 0.670. The zero-order valence-corrected chi connectivity index (χ0v) is 13.4. The van der Waals surface area contributed by atoms with Gasteiger partial charge in [-0.2, -0.15) is 4.98 Å². The molecular formula is C15H10F3N3O3S. The van der Waals surface area contributed by atoms with E-state index in [0.717, 1.165) is 42.1 Å². The van der Waals surface area contributed by atoms with E-state index in [1.54, 1.807) is 4.57 Å². The predicted octanol–water partition coefficient (Wildman–Crippen LogP) is 3.49. The van der Waals surface area contributed by atoms with Gasteiger partial charge in [0, 0.05) is 13.0 Å². The number of benzene rings is 1. The number of fused-ring (bicyclic) bond motifs is 2. The van der Waals surface area contributed by atoms with E-state index in [1.807, 2.05) is 0 Å². The maximum absolute atomic E-state index is 12.4. The van der Waals surface area contributed by atoms with E-state index in [0.29, 0.717) is 11.4 Å². The fraction of sp³-hybridized carbons (Fsp3) is 0.267. The van der Waals surface area contributed by atoms with E-state index in [2.05, 4.69) is 14.7 Å². The van der Waals surface area contributed by atoms with E-state index in [1.165, 1.54) is 12.1 Å². The van der Waals surface area contributed by atoms with Crippen LogP contribution in [-0.2, 0) is 13.0 Å². The van der Waals surface area contributed by atoms with Crippen molar-refractivity contribution < 1.29 is 22.6 Å². The lowest BCUT2D eigenvalue weighted by atomic mass is 10.3. The van der Waals surface area contributed by atoms with Gasteiger partial charge in [-0.15, -0.1) is 13.2 Å². The first-order valence-electron chi connectivity index (χ1n) is 7.33. The molecular weight excluding hydrogens is 359 g/mol. The SMILES string of the molecule is O=c1c2nc(Oc3ccc(OC(F)(F)F)cc3)sc2nc2n1CCC2. The van der Waals surface area contributed by atoms with Gasteiger partial charge < -0.3 is 9.47 Å². The minimum Gasteiger partial charge on any atom is -0.431 e. The molecule has 2 aromatic heterocycles. The first-order chi connectivity index (χ1) is 11.9. The number of aromatic nitrogens is 3. The summed E-state index contributed by atoms with van der Waals surface area (Å²) in [7, 11) is 0. The quantitative estimate of drug-likeness (QED) is 0.707. The molecule has 25 heavy (non-hydrogen) atoms. The molecule has 0 saturated carbocycles. The van der Waals surface area contributed by atoms with Gasteiger partial charge in [0.05, 0.1) is 0 Å². The van der Waals surface area contributed by atoms with Crippen LogP contribution in [0.5, 0.6) is 16.7 Å². The van der Waals surface area contributed by atoms with Crippen molar-refractivity contribution in [3.8, 4) is 16.7 Å². The van der Waals surface area contributed by atoms with Gasteiger partial charge in [-0.25, -0.2) is 4.98 Å². The average molecular weight is 369 g/mol. The van der Waals surface area contributed by atoms with Gasteiger partial charge in [0.15, 0.2) is 10.3 Å². The van der Waals surface area contributed by atoms with Gasteiger partial charge in [0.1, 0.15) is 17.3 Å². The molecule has 1 aliphatic rings. The molecule has 6 nitrogen and oxygen atoms in total. The van der Waals surface area contributed by atoms with Gasteiger partial charge in [-0.1, -0.05) is 11.3 Å². The Bertz CT molecular complexity index is 995. The fourth-order valence-corrected chi connectivity index (χ4v) is 3.42. The van der Waals surface area contributed by atoms with Crippen LogP contribution in [0.3, 0.4) is 0 Å². The summed E-state index contributed by atoms with van der Waals surface area (Å²) in [5, 5.41) is 0.202. The second kappa shape index (κ2) is 5.73. The summed E-state index contributed by atoms with van der Waals surface area (Å²) in [4.78, 5) is 21.4. The number of aryl methyl sites for hydroxylation is 1. The van der Waals surface area contributed by atoms with E-state index < -0.39 is 6.36 Å². The molecule has 0 N–H and O–H groups in total. The number of halogens is 3. The van der Waals surface area contributed by atoms with Crippen molar-refractivity contribution in [2.24, 2.45) is 0 Å². The Kier molecular flexibility index (Phi) is 3.64. The van der Waals surface area contributed by atoms with E-state index >= 15 is 0 Å². The van der Waals surface area contributed by atoms with Gasteiger partial charge in [-0.3, -0.25) is 9.36 Å². The summed E-state index contributed by atoms with van der Waals surface area (Å²) in [5.41, 5.74) is 0.0419. The number of hydrogen-bond donors (Lipinski definition) is 0. The monoisotopic (exact) mass is 369 g/mol. The number of rotatable bonds is 3. The molecule has 0 spiro atoms. The van der Waals surface area contributed by atoms with Crippen molar-refractivity contribution in [2.75, 3.05) is 0 Å². The van der Waals surface area contributed by atoms with E-state index in [-0.39, 0.29) is 27.8 Å². The second-order valence-electron chi connectivity index (χ2n) is 5.34. The standard InChI is InChI=1S/C15H10F3N3O3S/c16-15(17,18)24-9-5-3-8(4-6-9)23-14-20-11-12(25-14)19-10-2-1-7-21(10)13(11)22/h3-6H,1-2,7H2. The summed E-state index contributed by atoms with van der Waals surface area (Å²) >= 11 is 1.12. The normalized spacial score (nSPS) is 13.9. The van der Waals surface area contributed by atoms with Crippen molar-refractivity contribution in [2.45, 2.75) is 25.7 Å². The highest BCUT2D eigenvalue weighted by Crippen LogP contribution is 2.31.